The van der Waals surface area contributed by atoms with Crippen LogP contribution in [0.2, 0.25) is 0 Å². The van der Waals surface area contributed by atoms with Crippen molar-refractivity contribution in [1.29, 1.82) is 0 Å². The van der Waals surface area contributed by atoms with Crippen LogP contribution in [-0.2, 0) is 20.4 Å². The van der Waals surface area contributed by atoms with Gasteiger partial charge in [0.1, 0.15) is 0 Å². The van der Waals surface area contributed by atoms with Crippen LogP contribution in [0, 0.1) is 5.92 Å². The minimum atomic E-state index is -3.24. The smallest absolute Gasteiger partial charge is 0.224 e. The normalized spacial score (nSPS) is 25.9. The van der Waals surface area contributed by atoms with E-state index >= 15 is 0 Å². The molecule has 2 atom stereocenters. The van der Waals surface area contributed by atoms with Crippen LogP contribution in [0.3, 0.4) is 0 Å². The summed E-state index contributed by atoms with van der Waals surface area (Å²) in [4.78, 5) is 12.4. The van der Waals surface area contributed by atoms with Crippen molar-refractivity contribution in [3.8, 4) is 0 Å². The van der Waals surface area contributed by atoms with Gasteiger partial charge in [0.2, 0.25) is 5.91 Å². The third kappa shape index (κ3) is 4.65. The third-order valence-electron chi connectivity index (χ3n) is 5.55. The van der Waals surface area contributed by atoms with E-state index in [-0.39, 0.29) is 11.7 Å². The minimum Gasteiger partial charge on any atom is -0.326 e. The Kier molecular flexibility index (Phi) is 5.45. The molecule has 1 amide bonds. The van der Waals surface area contributed by atoms with Gasteiger partial charge in [0, 0.05) is 24.2 Å². The monoisotopic (exact) mass is 378 g/mol. The van der Waals surface area contributed by atoms with Gasteiger partial charge in [0.15, 0.2) is 9.84 Å². The van der Waals surface area contributed by atoms with Crippen molar-refractivity contribution in [2.45, 2.75) is 75.5 Å². The average Bonchev–Trinajstić information content (AvgIpc) is 2.84. The number of anilines is 1. The summed E-state index contributed by atoms with van der Waals surface area (Å²) in [6, 6.07) is 8.34. The van der Waals surface area contributed by atoms with E-state index in [0.29, 0.717) is 35.7 Å². The van der Waals surface area contributed by atoms with Crippen LogP contribution in [-0.4, -0.2) is 31.2 Å². The molecule has 2 N–H and O–H groups in total. The van der Waals surface area contributed by atoms with E-state index < -0.39 is 14.6 Å². The Balaban J connectivity index is 1.59. The Labute approximate surface area is 156 Å². The van der Waals surface area contributed by atoms with Crippen molar-refractivity contribution in [3.05, 3.63) is 29.8 Å². The van der Waals surface area contributed by atoms with E-state index in [1.165, 1.54) is 12.8 Å². The topological polar surface area (TPSA) is 75.3 Å². The van der Waals surface area contributed by atoms with Crippen molar-refractivity contribution in [1.82, 2.24) is 5.32 Å². The zero-order valence-electron chi connectivity index (χ0n) is 15.9. The predicted octanol–water partition coefficient (Wildman–Crippen LogP) is 3.26. The van der Waals surface area contributed by atoms with E-state index in [0.717, 1.165) is 12.8 Å². The first kappa shape index (κ1) is 19.4. The van der Waals surface area contributed by atoms with Gasteiger partial charge in [-0.2, -0.15) is 0 Å². The molecular weight excluding hydrogens is 348 g/mol. The highest BCUT2D eigenvalue weighted by Gasteiger charge is 2.34. The largest absolute Gasteiger partial charge is 0.326 e. The fourth-order valence-corrected chi connectivity index (χ4v) is 5.04. The van der Waals surface area contributed by atoms with Crippen molar-refractivity contribution >= 4 is 21.4 Å². The highest BCUT2D eigenvalue weighted by atomic mass is 32.2. The molecule has 0 aromatic heterocycles. The van der Waals surface area contributed by atoms with E-state index in [1.54, 1.807) is 39.0 Å². The van der Waals surface area contributed by atoms with Crippen LogP contribution < -0.4 is 10.6 Å². The lowest BCUT2D eigenvalue weighted by atomic mass is 9.89. The highest BCUT2D eigenvalue weighted by molar-refractivity contribution is 7.91. The second-order valence-electron chi connectivity index (χ2n) is 8.80. The summed E-state index contributed by atoms with van der Waals surface area (Å²) >= 11 is 0. The molecule has 2 unspecified atom stereocenters. The Morgan fingerprint density at radius 3 is 2.46 bits per heavy atom. The van der Waals surface area contributed by atoms with E-state index in [1.807, 2.05) is 6.07 Å². The highest BCUT2D eigenvalue weighted by Crippen LogP contribution is 2.33. The maximum absolute atomic E-state index is 12.4. The molecule has 6 heteroatoms. The Hall–Kier alpha value is -1.40. The number of carbonyl (C=O) groups is 1. The molecule has 26 heavy (non-hydrogen) atoms. The zero-order valence-corrected chi connectivity index (χ0v) is 16.7. The van der Waals surface area contributed by atoms with E-state index in [4.69, 9.17) is 0 Å². The molecule has 0 saturated carbocycles. The van der Waals surface area contributed by atoms with Gasteiger partial charge in [-0.3, -0.25) is 4.79 Å². The molecule has 144 valence electrons. The number of sulfone groups is 1. The maximum Gasteiger partial charge on any atom is 0.224 e. The molecule has 0 aliphatic carbocycles. The number of rotatable bonds is 5. The Morgan fingerprint density at radius 1 is 1.19 bits per heavy atom. The summed E-state index contributed by atoms with van der Waals surface area (Å²) in [6.07, 6.45) is 5.15. The van der Waals surface area contributed by atoms with Crippen molar-refractivity contribution in [2.24, 2.45) is 5.92 Å². The summed E-state index contributed by atoms with van der Waals surface area (Å²) in [6.45, 7) is 5.13. The SMILES string of the molecule is CC(C)(C)S(=O)(=O)Cc1cccc(NC(=O)CC2CC3CCC(C2)N3)c1. The van der Waals surface area contributed by atoms with Crippen LogP contribution >= 0.6 is 0 Å². The standard InChI is InChI=1S/C20H30N2O3S/c1-20(2,3)26(24,25)13-14-5-4-6-16(9-14)22-19(23)12-15-10-17-7-8-18(11-15)21-17/h4-6,9,15,17-18,21H,7-8,10-13H2,1-3H3,(H,22,23). The third-order valence-corrected chi connectivity index (χ3v) is 8.12. The second-order valence-corrected chi connectivity index (χ2v) is 11.5. The zero-order chi connectivity index (χ0) is 18.9. The number of hydrogen-bond donors (Lipinski definition) is 2. The van der Waals surface area contributed by atoms with Gasteiger partial charge >= 0.3 is 0 Å². The number of piperidine rings is 1. The summed E-state index contributed by atoms with van der Waals surface area (Å²) in [5.74, 6) is 0.447. The lowest BCUT2D eigenvalue weighted by molar-refractivity contribution is -0.117. The lowest BCUT2D eigenvalue weighted by Crippen LogP contribution is -2.39. The van der Waals surface area contributed by atoms with Crippen LogP contribution in [0.15, 0.2) is 24.3 Å². The summed E-state index contributed by atoms with van der Waals surface area (Å²) in [5, 5.41) is 6.55. The molecule has 3 rings (SSSR count). The van der Waals surface area contributed by atoms with Gasteiger partial charge in [-0.05, 0) is 70.1 Å². The molecular formula is C20H30N2O3S. The van der Waals surface area contributed by atoms with Gasteiger partial charge in [-0.1, -0.05) is 12.1 Å². The lowest BCUT2D eigenvalue weighted by Gasteiger charge is -2.28. The van der Waals surface area contributed by atoms with Gasteiger partial charge < -0.3 is 10.6 Å². The van der Waals surface area contributed by atoms with Crippen LogP contribution in [0.5, 0.6) is 0 Å². The summed E-state index contributed by atoms with van der Waals surface area (Å²) in [5.41, 5.74) is 1.38. The second kappa shape index (κ2) is 7.31. The van der Waals surface area contributed by atoms with Crippen molar-refractivity contribution in [2.75, 3.05) is 5.32 Å². The number of fused-ring (bicyclic) bond motifs is 2. The summed E-state index contributed by atoms with van der Waals surface area (Å²) < 4.78 is 24.0. The average molecular weight is 379 g/mol. The van der Waals surface area contributed by atoms with Crippen molar-refractivity contribution < 1.29 is 13.2 Å². The molecule has 1 aromatic carbocycles. The Morgan fingerprint density at radius 2 is 1.85 bits per heavy atom. The molecule has 1 aromatic rings. The fourth-order valence-electron chi connectivity index (χ4n) is 3.99. The van der Waals surface area contributed by atoms with E-state index in [9.17, 15) is 13.2 Å². The van der Waals surface area contributed by atoms with Crippen LogP contribution in [0.4, 0.5) is 5.69 Å². The molecule has 2 bridgehead atoms. The molecule has 2 saturated heterocycles. The predicted molar refractivity (Wildman–Crippen MR) is 105 cm³/mol. The minimum absolute atomic E-state index is 0.0160. The molecule has 2 aliphatic heterocycles. The quantitative estimate of drug-likeness (QED) is 0.825. The molecule has 5 nitrogen and oxygen atoms in total. The molecule has 0 spiro atoms. The Bertz CT molecular complexity index is 756. The van der Waals surface area contributed by atoms with Gasteiger partial charge in [0.05, 0.1) is 10.5 Å². The van der Waals surface area contributed by atoms with Crippen LogP contribution in [0.25, 0.3) is 0 Å². The maximum atomic E-state index is 12.4. The van der Waals surface area contributed by atoms with Crippen LogP contribution in [0.1, 0.15) is 58.4 Å². The van der Waals surface area contributed by atoms with Gasteiger partial charge in [0.25, 0.3) is 0 Å². The van der Waals surface area contributed by atoms with Gasteiger partial charge in [-0.15, -0.1) is 0 Å². The molecule has 0 radical (unpaired) electrons. The van der Waals surface area contributed by atoms with Gasteiger partial charge in [-0.25, -0.2) is 8.42 Å². The first-order chi connectivity index (χ1) is 12.1. The fraction of sp³-hybridized carbons (Fsp3) is 0.650. The number of hydrogen-bond acceptors (Lipinski definition) is 4. The first-order valence-electron chi connectivity index (χ1n) is 9.49. The summed E-state index contributed by atoms with van der Waals surface area (Å²) in [7, 11) is -3.24. The number of amides is 1. The molecule has 2 heterocycles. The number of nitrogens with one attached hydrogen (secondary N) is 2. The van der Waals surface area contributed by atoms with E-state index in [2.05, 4.69) is 10.6 Å². The first-order valence-corrected chi connectivity index (χ1v) is 11.1. The number of carbonyl (C=O) groups excluding carboxylic acids is 1. The number of benzene rings is 1. The molecule has 2 fully saturated rings. The van der Waals surface area contributed by atoms with Crippen molar-refractivity contribution in [3.63, 3.8) is 0 Å². The molecule has 2 aliphatic rings.